The predicted molar refractivity (Wildman–Crippen MR) is 76.1 cm³/mol. The van der Waals surface area contributed by atoms with Crippen molar-refractivity contribution in [3.63, 3.8) is 0 Å². The molecule has 0 atom stereocenters. The summed E-state index contributed by atoms with van der Waals surface area (Å²) in [6, 6.07) is 11.0. The van der Waals surface area contributed by atoms with Crippen LogP contribution in [0.25, 0.3) is 0 Å². The summed E-state index contributed by atoms with van der Waals surface area (Å²) in [5.41, 5.74) is 0.268. The topological polar surface area (TPSA) is 78.7 Å². The van der Waals surface area contributed by atoms with Crippen LogP contribution in [0.5, 0.6) is 11.5 Å². The molecule has 2 aromatic carbocycles. The molecule has 0 aromatic heterocycles. The largest absolute Gasteiger partial charge is 0.496 e. The van der Waals surface area contributed by atoms with Crippen molar-refractivity contribution in [3.05, 3.63) is 63.7 Å². The second-order valence-electron chi connectivity index (χ2n) is 4.18. The highest BCUT2D eigenvalue weighted by atomic mass is 16.6. The Kier molecular flexibility index (Phi) is 4.18. The number of ether oxygens (including phenoxy) is 2. The molecule has 2 aromatic rings. The summed E-state index contributed by atoms with van der Waals surface area (Å²) in [7, 11) is 2.71. The number of nitrogens with zero attached hydrogens (tertiary/aromatic N) is 1. The zero-order valence-corrected chi connectivity index (χ0v) is 11.5. The number of nitro benzene ring substituents is 1. The van der Waals surface area contributed by atoms with Crippen LogP contribution < -0.4 is 9.47 Å². The van der Waals surface area contributed by atoms with Crippen LogP contribution in [0.3, 0.4) is 0 Å². The first kappa shape index (κ1) is 14.5. The van der Waals surface area contributed by atoms with Crippen LogP contribution in [0.15, 0.2) is 42.5 Å². The number of hydrogen-bond donors (Lipinski definition) is 0. The maximum atomic E-state index is 12.5. The monoisotopic (exact) mass is 287 g/mol. The van der Waals surface area contributed by atoms with E-state index in [1.807, 2.05) is 0 Å². The van der Waals surface area contributed by atoms with Gasteiger partial charge in [0.25, 0.3) is 0 Å². The molecule has 0 radical (unpaired) electrons. The normalized spacial score (nSPS) is 10.0. The van der Waals surface area contributed by atoms with Gasteiger partial charge in [0.15, 0.2) is 5.78 Å². The lowest BCUT2D eigenvalue weighted by molar-refractivity contribution is -0.385. The van der Waals surface area contributed by atoms with Crippen molar-refractivity contribution < 1.29 is 19.2 Å². The van der Waals surface area contributed by atoms with E-state index in [-0.39, 0.29) is 28.5 Å². The molecular weight excluding hydrogens is 274 g/mol. The van der Waals surface area contributed by atoms with E-state index in [1.165, 1.54) is 26.4 Å². The third-order valence-electron chi connectivity index (χ3n) is 2.98. The number of methoxy groups -OCH3 is 2. The minimum Gasteiger partial charge on any atom is -0.496 e. The molecule has 0 aliphatic carbocycles. The first-order valence-electron chi connectivity index (χ1n) is 6.08. The van der Waals surface area contributed by atoms with E-state index in [0.29, 0.717) is 5.56 Å². The highest BCUT2D eigenvalue weighted by Crippen LogP contribution is 2.35. The van der Waals surface area contributed by atoms with E-state index in [1.54, 1.807) is 30.3 Å². The van der Waals surface area contributed by atoms with Gasteiger partial charge in [0, 0.05) is 17.7 Å². The summed E-state index contributed by atoms with van der Waals surface area (Å²) in [5, 5.41) is 11.1. The maximum absolute atomic E-state index is 12.5. The fourth-order valence-electron chi connectivity index (χ4n) is 1.95. The molecule has 108 valence electrons. The molecule has 0 fully saturated rings. The van der Waals surface area contributed by atoms with Crippen LogP contribution >= 0.6 is 0 Å². The van der Waals surface area contributed by atoms with Gasteiger partial charge in [-0.25, -0.2) is 0 Å². The maximum Gasteiger partial charge on any atom is 0.311 e. The predicted octanol–water partition coefficient (Wildman–Crippen LogP) is 2.84. The van der Waals surface area contributed by atoms with Gasteiger partial charge in [-0.2, -0.15) is 0 Å². The minimum absolute atomic E-state index is 0.0430. The summed E-state index contributed by atoms with van der Waals surface area (Å²) in [4.78, 5) is 22.9. The van der Waals surface area contributed by atoms with E-state index < -0.39 is 4.92 Å². The Morgan fingerprint density at radius 2 is 1.67 bits per heavy atom. The average molecular weight is 287 g/mol. The van der Waals surface area contributed by atoms with Crippen molar-refractivity contribution in [2.24, 2.45) is 0 Å². The molecule has 0 bridgehead atoms. The van der Waals surface area contributed by atoms with Gasteiger partial charge in [-0.05, 0) is 0 Å². The Balaban J connectivity index is 2.59. The van der Waals surface area contributed by atoms with E-state index >= 15 is 0 Å². The molecule has 0 amide bonds. The lowest BCUT2D eigenvalue weighted by Gasteiger charge is -2.10. The second-order valence-corrected chi connectivity index (χ2v) is 4.18. The summed E-state index contributed by atoms with van der Waals surface area (Å²) in [6.45, 7) is 0. The molecule has 0 unspecified atom stereocenters. The Hall–Kier alpha value is -2.89. The lowest BCUT2D eigenvalue weighted by atomic mass is 10.0. The van der Waals surface area contributed by atoms with Crippen LogP contribution in [0, 0.1) is 10.1 Å². The van der Waals surface area contributed by atoms with Gasteiger partial charge in [-0.1, -0.05) is 30.3 Å². The van der Waals surface area contributed by atoms with Crippen LogP contribution in [-0.2, 0) is 0 Å². The van der Waals surface area contributed by atoms with Gasteiger partial charge in [0.2, 0.25) is 5.75 Å². The Morgan fingerprint density at radius 3 is 2.19 bits per heavy atom. The molecule has 6 nitrogen and oxygen atoms in total. The Labute approximate surface area is 121 Å². The van der Waals surface area contributed by atoms with Gasteiger partial charge in [-0.3, -0.25) is 14.9 Å². The van der Waals surface area contributed by atoms with Crippen molar-refractivity contribution in [1.82, 2.24) is 0 Å². The van der Waals surface area contributed by atoms with Crippen molar-refractivity contribution in [2.75, 3.05) is 14.2 Å². The lowest BCUT2D eigenvalue weighted by Crippen LogP contribution is -2.06. The molecule has 6 heteroatoms. The Bertz CT molecular complexity index is 682. The smallest absolute Gasteiger partial charge is 0.311 e. The first-order chi connectivity index (χ1) is 10.1. The first-order valence-corrected chi connectivity index (χ1v) is 6.08. The molecule has 0 heterocycles. The van der Waals surface area contributed by atoms with Crippen LogP contribution in [0.1, 0.15) is 15.9 Å². The van der Waals surface area contributed by atoms with Gasteiger partial charge in [0.1, 0.15) is 5.75 Å². The third kappa shape index (κ3) is 2.84. The zero-order valence-electron chi connectivity index (χ0n) is 11.5. The molecule has 0 saturated heterocycles. The summed E-state index contributed by atoms with van der Waals surface area (Å²) in [5.74, 6) is -0.0778. The van der Waals surface area contributed by atoms with Gasteiger partial charge in [0.05, 0.1) is 24.7 Å². The molecule has 2 rings (SSSR count). The van der Waals surface area contributed by atoms with Gasteiger partial charge >= 0.3 is 5.69 Å². The highest BCUT2D eigenvalue weighted by Gasteiger charge is 2.23. The highest BCUT2D eigenvalue weighted by molar-refractivity contribution is 6.11. The molecule has 0 N–H and O–H groups in total. The molecule has 0 saturated carbocycles. The molecular formula is C15H13NO5. The number of ketones is 1. The third-order valence-corrected chi connectivity index (χ3v) is 2.98. The molecule has 0 spiro atoms. The standard InChI is InChI=1S/C15H13NO5/c1-20-13-9-14(21-2)12(16(18)19)8-11(13)15(17)10-6-4-3-5-7-10/h3-9H,1-2H3. The fraction of sp³-hybridized carbons (Fsp3) is 0.133. The zero-order chi connectivity index (χ0) is 15.4. The number of rotatable bonds is 5. The molecule has 0 aliphatic heterocycles. The van der Waals surface area contributed by atoms with Crippen LogP contribution in [0.4, 0.5) is 5.69 Å². The van der Waals surface area contributed by atoms with Crippen molar-refractivity contribution >= 4 is 11.5 Å². The summed E-state index contributed by atoms with van der Waals surface area (Å²) in [6.07, 6.45) is 0. The number of benzene rings is 2. The second kappa shape index (κ2) is 6.04. The van der Waals surface area contributed by atoms with Gasteiger partial charge < -0.3 is 9.47 Å². The van der Waals surface area contributed by atoms with E-state index in [2.05, 4.69) is 0 Å². The summed E-state index contributed by atoms with van der Waals surface area (Å²) >= 11 is 0. The van der Waals surface area contributed by atoms with E-state index in [4.69, 9.17) is 9.47 Å². The quantitative estimate of drug-likeness (QED) is 0.480. The average Bonchev–Trinajstić information content (AvgIpc) is 2.53. The number of carbonyl (C=O) groups is 1. The molecule has 21 heavy (non-hydrogen) atoms. The SMILES string of the molecule is COc1cc(OC)c([N+](=O)[O-])cc1C(=O)c1ccccc1. The minimum atomic E-state index is -0.597. The Morgan fingerprint density at radius 1 is 1.05 bits per heavy atom. The fourth-order valence-corrected chi connectivity index (χ4v) is 1.95. The van der Waals surface area contributed by atoms with Crippen LogP contribution in [0.2, 0.25) is 0 Å². The summed E-state index contributed by atoms with van der Waals surface area (Å²) < 4.78 is 10.1. The molecule has 0 aliphatic rings. The van der Waals surface area contributed by atoms with Crippen LogP contribution in [-0.4, -0.2) is 24.9 Å². The van der Waals surface area contributed by atoms with E-state index in [0.717, 1.165) is 0 Å². The van der Waals surface area contributed by atoms with Gasteiger partial charge in [-0.15, -0.1) is 0 Å². The van der Waals surface area contributed by atoms with Crippen molar-refractivity contribution in [1.29, 1.82) is 0 Å². The number of nitro groups is 1. The van der Waals surface area contributed by atoms with Crippen molar-refractivity contribution in [3.8, 4) is 11.5 Å². The number of carbonyl (C=O) groups excluding carboxylic acids is 1. The van der Waals surface area contributed by atoms with Crippen molar-refractivity contribution in [2.45, 2.75) is 0 Å². The number of hydrogen-bond acceptors (Lipinski definition) is 5. The van der Waals surface area contributed by atoms with E-state index in [9.17, 15) is 14.9 Å².